The Morgan fingerprint density at radius 1 is 1.15 bits per heavy atom. The molecule has 0 aromatic carbocycles. The van der Waals surface area contributed by atoms with E-state index in [9.17, 15) is 9.18 Å². The lowest BCUT2D eigenvalue weighted by atomic mass is 10.1. The van der Waals surface area contributed by atoms with Gasteiger partial charge in [-0.05, 0) is 32.3 Å². The number of anilines is 2. The van der Waals surface area contributed by atoms with Crippen molar-refractivity contribution in [1.29, 1.82) is 0 Å². The highest BCUT2D eigenvalue weighted by atomic mass is 19.1. The first-order valence-corrected chi connectivity index (χ1v) is 8.85. The SMILES string of the molecule is Cc1cc(N2CCCCC2)nc(NCCNC(=O)c2cncc(F)c2)n1. The summed E-state index contributed by atoms with van der Waals surface area (Å²) < 4.78 is 13.1. The molecule has 1 aliphatic rings. The van der Waals surface area contributed by atoms with E-state index in [1.807, 2.05) is 13.0 Å². The third-order valence-corrected chi connectivity index (χ3v) is 4.18. The molecule has 0 bridgehead atoms. The Bertz CT molecular complexity index is 763. The molecule has 2 aromatic heterocycles. The quantitative estimate of drug-likeness (QED) is 0.770. The topological polar surface area (TPSA) is 83.0 Å². The van der Waals surface area contributed by atoms with E-state index in [2.05, 4.69) is 30.5 Å². The minimum Gasteiger partial charge on any atom is -0.356 e. The smallest absolute Gasteiger partial charge is 0.253 e. The largest absolute Gasteiger partial charge is 0.356 e. The number of aryl methyl sites for hydroxylation is 1. The zero-order chi connectivity index (χ0) is 18.4. The van der Waals surface area contributed by atoms with Gasteiger partial charge in [-0.2, -0.15) is 4.98 Å². The maximum Gasteiger partial charge on any atom is 0.253 e. The van der Waals surface area contributed by atoms with E-state index in [0.29, 0.717) is 19.0 Å². The van der Waals surface area contributed by atoms with E-state index in [1.54, 1.807) is 0 Å². The minimum absolute atomic E-state index is 0.198. The van der Waals surface area contributed by atoms with E-state index in [0.717, 1.165) is 36.9 Å². The minimum atomic E-state index is -0.533. The van der Waals surface area contributed by atoms with Crippen LogP contribution in [0, 0.1) is 12.7 Å². The average Bonchev–Trinajstić information content (AvgIpc) is 2.65. The summed E-state index contributed by atoms with van der Waals surface area (Å²) in [6.45, 7) is 4.82. The van der Waals surface area contributed by atoms with E-state index in [1.165, 1.54) is 25.5 Å². The molecule has 3 heterocycles. The second kappa shape index (κ2) is 8.55. The maximum atomic E-state index is 13.1. The number of carbonyl (C=O) groups is 1. The zero-order valence-corrected chi connectivity index (χ0v) is 14.8. The molecular weight excluding hydrogens is 335 g/mol. The highest BCUT2D eigenvalue weighted by Crippen LogP contribution is 2.19. The van der Waals surface area contributed by atoms with Crippen LogP contribution in [0.3, 0.4) is 0 Å². The Labute approximate surface area is 152 Å². The molecule has 0 atom stereocenters. The first-order chi connectivity index (χ1) is 12.6. The summed E-state index contributed by atoms with van der Waals surface area (Å²) in [5.74, 6) is 0.592. The molecule has 1 aliphatic heterocycles. The Morgan fingerprint density at radius 3 is 2.73 bits per heavy atom. The van der Waals surface area contributed by atoms with Gasteiger partial charge in [-0.25, -0.2) is 9.37 Å². The number of hydrogen-bond donors (Lipinski definition) is 2. The number of piperidine rings is 1. The second-order valence-corrected chi connectivity index (χ2v) is 6.31. The van der Waals surface area contributed by atoms with E-state index in [-0.39, 0.29) is 11.5 Å². The van der Waals surface area contributed by atoms with Gasteiger partial charge in [0.25, 0.3) is 5.91 Å². The number of pyridine rings is 1. The molecule has 7 nitrogen and oxygen atoms in total. The molecule has 8 heteroatoms. The van der Waals surface area contributed by atoms with Gasteiger partial charge in [-0.15, -0.1) is 0 Å². The fraction of sp³-hybridized carbons (Fsp3) is 0.444. The van der Waals surface area contributed by atoms with E-state index in [4.69, 9.17) is 0 Å². The molecule has 0 aliphatic carbocycles. The predicted octanol–water partition coefficient (Wildman–Crippen LogP) is 2.15. The van der Waals surface area contributed by atoms with Crippen molar-refractivity contribution in [1.82, 2.24) is 20.3 Å². The number of nitrogens with zero attached hydrogens (tertiary/aromatic N) is 4. The van der Waals surface area contributed by atoms with Crippen molar-refractivity contribution in [2.24, 2.45) is 0 Å². The maximum absolute atomic E-state index is 13.1. The fourth-order valence-electron chi connectivity index (χ4n) is 2.90. The summed E-state index contributed by atoms with van der Waals surface area (Å²) in [6, 6.07) is 3.15. The number of carbonyl (C=O) groups excluding carboxylic acids is 1. The molecule has 0 saturated carbocycles. The number of nitrogens with one attached hydrogen (secondary N) is 2. The summed E-state index contributed by atoms with van der Waals surface area (Å²) in [7, 11) is 0. The first-order valence-electron chi connectivity index (χ1n) is 8.85. The van der Waals surface area contributed by atoms with Gasteiger partial charge in [-0.3, -0.25) is 9.78 Å². The third-order valence-electron chi connectivity index (χ3n) is 4.18. The van der Waals surface area contributed by atoms with E-state index < -0.39 is 5.82 Å². The summed E-state index contributed by atoms with van der Waals surface area (Å²) in [5, 5.41) is 5.84. The molecule has 138 valence electrons. The van der Waals surface area contributed by atoms with Gasteiger partial charge in [0, 0.05) is 44.1 Å². The molecule has 1 fully saturated rings. The number of hydrogen-bond acceptors (Lipinski definition) is 6. The van der Waals surface area contributed by atoms with Gasteiger partial charge in [-0.1, -0.05) is 0 Å². The second-order valence-electron chi connectivity index (χ2n) is 6.31. The lowest BCUT2D eigenvalue weighted by Gasteiger charge is -2.28. The molecule has 0 radical (unpaired) electrons. The Hall–Kier alpha value is -2.77. The van der Waals surface area contributed by atoms with Crippen LogP contribution in [0.4, 0.5) is 16.2 Å². The van der Waals surface area contributed by atoms with Crippen LogP contribution >= 0.6 is 0 Å². The summed E-state index contributed by atoms with van der Waals surface area (Å²) in [4.78, 5) is 26.9. The van der Waals surface area contributed by atoms with Gasteiger partial charge in [0.2, 0.25) is 5.95 Å². The molecule has 1 saturated heterocycles. The van der Waals surface area contributed by atoms with Crippen molar-refractivity contribution in [3.63, 3.8) is 0 Å². The Kier molecular flexibility index (Phi) is 5.93. The lowest BCUT2D eigenvalue weighted by Crippen LogP contribution is -2.31. The van der Waals surface area contributed by atoms with E-state index >= 15 is 0 Å². The lowest BCUT2D eigenvalue weighted by molar-refractivity contribution is 0.0954. The third kappa shape index (κ3) is 4.87. The monoisotopic (exact) mass is 358 g/mol. The van der Waals surface area contributed by atoms with Crippen molar-refractivity contribution in [3.8, 4) is 0 Å². The molecule has 3 rings (SSSR count). The van der Waals surface area contributed by atoms with Crippen LogP contribution in [0.2, 0.25) is 0 Å². The van der Waals surface area contributed by atoms with Gasteiger partial charge >= 0.3 is 0 Å². The number of aromatic nitrogens is 3. The Balaban J connectivity index is 1.51. The number of rotatable bonds is 6. The van der Waals surface area contributed by atoms with Gasteiger partial charge < -0.3 is 15.5 Å². The standard InChI is InChI=1S/C18H23FN6O/c1-13-9-16(25-7-3-2-4-8-25)24-18(23-13)22-6-5-21-17(26)14-10-15(19)12-20-11-14/h9-12H,2-8H2,1H3,(H,21,26)(H,22,23,24). The van der Waals surface area contributed by atoms with Crippen LogP contribution in [0.25, 0.3) is 0 Å². The molecule has 2 N–H and O–H groups in total. The zero-order valence-electron chi connectivity index (χ0n) is 14.8. The highest BCUT2D eigenvalue weighted by Gasteiger charge is 2.14. The normalized spacial score (nSPS) is 14.2. The highest BCUT2D eigenvalue weighted by molar-refractivity contribution is 5.93. The molecule has 26 heavy (non-hydrogen) atoms. The van der Waals surface area contributed by atoms with Crippen molar-refractivity contribution < 1.29 is 9.18 Å². The predicted molar refractivity (Wildman–Crippen MR) is 97.9 cm³/mol. The van der Waals surface area contributed by atoms with Gasteiger partial charge in [0.15, 0.2) is 0 Å². The summed E-state index contributed by atoms with van der Waals surface area (Å²) in [6.07, 6.45) is 6.04. The van der Waals surface area contributed by atoms with Crippen LogP contribution in [-0.4, -0.2) is 47.0 Å². The van der Waals surface area contributed by atoms with Crippen LogP contribution in [0.1, 0.15) is 35.3 Å². The average molecular weight is 358 g/mol. The van der Waals surface area contributed by atoms with Gasteiger partial charge in [0.05, 0.1) is 11.8 Å². The van der Waals surface area contributed by atoms with Crippen molar-refractivity contribution in [2.45, 2.75) is 26.2 Å². The fourth-order valence-corrected chi connectivity index (χ4v) is 2.90. The molecule has 2 aromatic rings. The number of amides is 1. The van der Waals surface area contributed by atoms with Crippen molar-refractivity contribution in [2.75, 3.05) is 36.4 Å². The van der Waals surface area contributed by atoms with Crippen molar-refractivity contribution >= 4 is 17.7 Å². The van der Waals surface area contributed by atoms with Crippen LogP contribution < -0.4 is 15.5 Å². The van der Waals surface area contributed by atoms with Crippen LogP contribution in [0.15, 0.2) is 24.5 Å². The summed E-state index contributed by atoms with van der Waals surface area (Å²) >= 11 is 0. The first kappa shape index (κ1) is 18.0. The summed E-state index contributed by atoms with van der Waals surface area (Å²) in [5.41, 5.74) is 1.10. The molecule has 1 amide bonds. The Morgan fingerprint density at radius 2 is 1.96 bits per heavy atom. The number of halogens is 1. The molecule has 0 unspecified atom stereocenters. The van der Waals surface area contributed by atoms with Gasteiger partial charge in [0.1, 0.15) is 11.6 Å². The van der Waals surface area contributed by atoms with Crippen LogP contribution in [-0.2, 0) is 0 Å². The van der Waals surface area contributed by atoms with Crippen molar-refractivity contribution in [3.05, 3.63) is 41.6 Å². The molecule has 0 spiro atoms. The van der Waals surface area contributed by atoms with Crippen LogP contribution in [0.5, 0.6) is 0 Å². The molecular formula is C18H23FN6O.